The van der Waals surface area contributed by atoms with E-state index in [4.69, 9.17) is 0 Å². The van der Waals surface area contributed by atoms with Crippen molar-refractivity contribution < 1.29 is 9.59 Å². The zero-order chi connectivity index (χ0) is 20.7. The summed E-state index contributed by atoms with van der Waals surface area (Å²) in [4.78, 5) is 26.6. The minimum atomic E-state index is -0.483. The lowest BCUT2D eigenvalue weighted by Gasteiger charge is -2.18. The number of anilines is 2. The molecule has 5 heteroatoms. The first-order valence-corrected chi connectivity index (χ1v) is 9.63. The van der Waals surface area contributed by atoms with E-state index in [2.05, 4.69) is 39.8 Å². The van der Waals surface area contributed by atoms with Crippen LogP contribution in [-0.4, -0.2) is 32.5 Å². The lowest BCUT2D eigenvalue weighted by molar-refractivity contribution is -0.123. The van der Waals surface area contributed by atoms with Gasteiger partial charge >= 0.3 is 0 Å². The average molecular weight is 382 g/mol. The molecule has 0 radical (unpaired) electrons. The molecule has 150 valence electrons. The Balaban J connectivity index is 1.83. The van der Waals surface area contributed by atoms with E-state index in [1.165, 1.54) is 11.3 Å². The van der Waals surface area contributed by atoms with Crippen LogP contribution < -0.4 is 15.5 Å². The van der Waals surface area contributed by atoms with Gasteiger partial charge in [0.25, 0.3) is 5.91 Å². The number of rotatable bonds is 7. The number of carbonyl (C=O) groups excluding carboxylic acids is 2. The van der Waals surface area contributed by atoms with Gasteiger partial charge < -0.3 is 15.5 Å². The summed E-state index contributed by atoms with van der Waals surface area (Å²) in [5.74, 6) is -0.208. The van der Waals surface area contributed by atoms with Crippen molar-refractivity contribution in [2.45, 2.75) is 33.6 Å². The second-order valence-corrected chi connectivity index (χ2v) is 8.21. The quantitative estimate of drug-likeness (QED) is 0.710. The first-order chi connectivity index (χ1) is 13.2. The molecule has 2 aromatic rings. The number of carbonyl (C=O) groups is 2. The fourth-order valence-electron chi connectivity index (χ4n) is 2.61. The van der Waals surface area contributed by atoms with Crippen LogP contribution in [0.4, 0.5) is 11.4 Å². The molecule has 0 heterocycles. The Labute approximate surface area is 168 Å². The summed E-state index contributed by atoms with van der Waals surface area (Å²) in [6.45, 7) is 6.17. The maximum Gasteiger partial charge on any atom is 0.251 e. The molecule has 0 aliphatic rings. The second kappa shape index (κ2) is 9.40. The van der Waals surface area contributed by atoms with Crippen molar-refractivity contribution >= 4 is 23.2 Å². The van der Waals surface area contributed by atoms with E-state index in [-0.39, 0.29) is 11.8 Å². The van der Waals surface area contributed by atoms with Gasteiger partial charge in [0.2, 0.25) is 5.91 Å². The van der Waals surface area contributed by atoms with Crippen molar-refractivity contribution in [2.24, 2.45) is 5.41 Å². The number of amides is 2. The van der Waals surface area contributed by atoms with Crippen molar-refractivity contribution in [1.29, 1.82) is 0 Å². The molecule has 0 aromatic heterocycles. The summed E-state index contributed by atoms with van der Waals surface area (Å²) in [7, 11) is 4.04. The van der Waals surface area contributed by atoms with E-state index < -0.39 is 5.41 Å². The van der Waals surface area contributed by atoms with Crippen LogP contribution in [0.2, 0.25) is 0 Å². The van der Waals surface area contributed by atoms with Gasteiger partial charge in [-0.05, 0) is 48.7 Å². The molecule has 0 spiro atoms. The minimum absolute atomic E-state index is 0.0784. The lowest BCUT2D eigenvalue weighted by Crippen LogP contribution is -2.28. The van der Waals surface area contributed by atoms with Crippen LogP contribution in [0.15, 0.2) is 48.5 Å². The lowest BCUT2D eigenvalue weighted by atomic mass is 9.95. The predicted molar refractivity (Wildman–Crippen MR) is 116 cm³/mol. The number of nitrogens with one attached hydrogen (secondary N) is 2. The van der Waals surface area contributed by atoms with Gasteiger partial charge in [-0.3, -0.25) is 9.59 Å². The fourth-order valence-corrected chi connectivity index (χ4v) is 2.61. The maximum absolute atomic E-state index is 12.4. The van der Waals surface area contributed by atoms with Gasteiger partial charge in [0.15, 0.2) is 0 Å². The third-order valence-electron chi connectivity index (χ3n) is 4.44. The first-order valence-electron chi connectivity index (χ1n) is 9.63. The number of aryl methyl sites for hydroxylation is 1. The van der Waals surface area contributed by atoms with Gasteiger partial charge in [0.1, 0.15) is 0 Å². The predicted octanol–water partition coefficient (Wildman–Crippen LogP) is 4.10. The Bertz CT molecular complexity index is 805. The van der Waals surface area contributed by atoms with E-state index in [0.717, 1.165) is 12.8 Å². The normalized spacial score (nSPS) is 11.0. The van der Waals surface area contributed by atoms with E-state index in [9.17, 15) is 9.59 Å². The molecule has 0 atom stereocenters. The Hall–Kier alpha value is -2.82. The molecular weight excluding hydrogens is 350 g/mol. The van der Waals surface area contributed by atoms with Crippen LogP contribution in [0.5, 0.6) is 0 Å². The molecule has 0 bridgehead atoms. The summed E-state index contributed by atoms with van der Waals surface area (Å²) >= 11 is 0. The van der Waals surface area contributed by atoms with Gasteiger partial charge in [0.05, 0.1) is 0 Å². The summed E-state index contributed by atoms with van der Waals surface area (Å²) in [6, 6.07) is 15.5. The molecule has 0 fully saturated rings. The van der Waals surface area contributed by atoms with E-state index in [1.807, 2.05) is 34.9 Å². The van der Waals surface area contributed by atoms with Crippen LogP contribution in [-0.2, 0) is 11.2 Å². The molecule has 2 amide bonds. The smallest absolute Gasteiger partial charge is 0.251 e. The van der Waals surface area contributed by atoms with E-state index >= 15 is 0 Å². The summed E-state index contributed by atoms with van der Waals surface area (Å²) in [5.41, 5.74) is 3.13. The van der Waals surface area contributed by atoms with Gasteiger partial charge in [-0.1, -0.05) is 39.0 Å². The van der Waals surface area contributed by atoms with Crippen molar-refractivity contribution in [2.75, 3.05) is 30.9 Å². The van der Waals surface area contributed by atoms with Gasteiger partial charge in [-0.2, -0.15) is 0 Å². The highest BCUT2D eigenvalue weighted by Gasteiger charge is 2.21. The Kier molecular flexibility index (Phi) is 7.21. The molecule has 28 heavy (non-hydrogen) atoms. The second-order valence-electron chi connectivity index (χ2n) is 8.21. The molecule has 0 aliphatic heterocycles. The van der Waals surface area contributed by atoms with Crippen LogP contribution in [0.1, 0.15) is 43.1 Å². The van der Waals surface area contributed by atoms with Crippen molar-refractivity contribution in [3.8, 4) is 0 Å². The standard InChI is InChI=1S/C23H31N3O2/c1-23(2,3)22(28)25-19-10-6-9-18(16-19)21(27)24-15-7-8-17-11-13-20(14-12-17)26(4)5/h6,9-14,16H,7-8,15H2,1-5H3,(H,24,27)(H,25,28). The molecule has 0 saturated heterocycles. The third-order valence-corrected chi connectivity index (χ3v) is 4.44. The SMILES string of the molecule is CN(C)c1ccc(CCCNC(=O)c2cccc(NC(=O)C(C)(C)C)c2)cc1. The molecule has 5 nitrogen and oxygen atoms in total. The number of nitrogens with zero attached hydrogens (tertiary/aromatic N) is 1. The average Bonchev–Trinajstić information content (AvgIpc) is 2.65. The number of benzene rings is 2. The minimum Gasteiger partial charge on any atom is -0.378 e. The van der Waals surface area contributed by atoms with Crippen LogP contribution >= 0.6 is 0 Å². The maximum atomic E-state index is 12.4. The number of hydrogen-bond acceptors (Lipinski definition) is 3. The van der Waals surface area contributed by atoms with Gasteiger partial charge in [-0.15, -0.1) is 0 Å². The van der Waals surface area contributed by atoms with E-state index in [1.54, 1.807) is 24.3 Å². The highest BCUT2D eigenvalue weighted by Crippen LogP contribution is 2.18. The summed E-state index contributed by atoms with van der Waals surface area (Å²) in [5, 5.41) is 5.81. The summed E-state index contributed by atoms with van der Waals surface area (Å²) in [6.07, 6.45) is 1.78. The third kappa shape index (κ3) is 6.41. The van der Waals surface area contributed by atoms with Crippen molar-refractivity contribution in [1.82, 2.24) is 5.32 Å². The van der Waals surface area contributed by atoms with Crippen LogP contribution in [0.25, 0.3) is 0 Å². The highest BCUT2D eigenvalue weighted by atomic mass is 16.2. The zero-order valence-electron chi connectivity index (χ0n) is 17.5. The Morgan fingerprint density at radius 1 is 1.00 bits per heavy atom. The molecule has 2 aromatic carbocycles. The largest absolute Gasteiger partial charge is 0.378 e. The van der Waals surface area contributed by atoms with Crippen molar-refractivity contribution in [3.05, 3.63) is 59.7 Å². The molecule has 0 unspecified atom stereocenters. The van der Waals surface area contributed by atoms with Gasteiger partial charge in [0, 0.05) is 43.0 Å². The first kappa shape index (κ1) is 21.5. The van der Waals surface area contributed by atoms with Gasteiger partial charge in [-0.25, -0.2) is 0 Å². The Morgan fingerprint density at radius 3 is 2.29 bits per heavy atom. The molecule has 0 aliphatic carbocycles. The van der Waals surface area contributed by atoms with Crippen molar-refractivity contribution in [3.63, 3.8) is 0 Å². The fraction of sp³-hybridized carbons (Fsp3) is 0.391. The highest BCUT2D eigenvalue weighted by molar-refractivity contribution is 5.98. The molecule has 2 N–H and O–H groups in total. The van der Waals surface area contributed by atoms with Crippen LogP contribution in [0.3, 0.4) is 0 Å². The van der Waals surface area contributed by atoms with E-state index in [0.29, 0.717) is 17.8 Å². The Morgan fingerprint density at radius 2 is 1.68 bits per heavy atom. The summed E-state index contributed by atoms with van der Waals surface area (Å²) < 4.78 is 0. The monoisotopic (exact) mass is 381 g/mol. The molecule has 0 saturated carbocycles. The molecule has 2 rings (SSSR count). The topological polar surface area (TPSA) is 61.4 Å². The van der Waals surface area contributed by atoms with Crippen LogP contribution in [0, 0.1) is 5.41 Å². The zero-order valence-corrected chi connectivity index (χ0v) is 17.5. The molecular formula is C23H31N3O2. The number of hydrogen-bond donors (Lipinski definition) is 2.